The Labute approximate surface area is 110 Å². The van der Waals surface area contributed by atoms with Crippen molar-refractivity contribution in [2.24, 2.45) is 0 Å². The molecule has 1 unspecified atom stereocenters. The number of thioether (sulfide) groups is 1. The summed E-state index contributed by atoms with van der Waals surface area (Å²) in [5, 5.41) is 11.1. The number of rotatable bonds is 5. The fourth-order valence-electron chi connectivity index (χ4n) is 1.24. The van der Waals surface area contributed by atoms with Crippen LogP contribution in [0.1, 0.15) is 17.3 Å². The number of amides is 1. The molecule has 0 aliphatic carbocycles. The standard InChI is InChI=1S/C13H13NO3S/c1-3-7-14-12(15)9(2)18-11-6-4-5-10(8-11)13(16)17/h1,4-6,8-9H,7H2,2H3,(H,14,15)(H,16,17). The van der Waals surface area contributed by atoms with E-state index in [4.69, 9.17) is 11.5 Å². The van der Waals surface area contributed by atoms with Gasteiger partial charge in [-0.05, 0) is 25.1 Å². The second kappa shape index (κ2) is 6.72. The van der Waals surface area contributed by atoms with Crippen LogP contribution in [0.25, 0.3) is 0 Å². The molecule has 5 heteroatoms. The Morgan fingerprint density at radius 1 is 1.56 bits per heavy atom. The van der Waals surface area contributed by atoms with Crippen molar-refractivity contribution in [3.05, 3.63) is 29.8 Å². The molecule has 2 N–H and O–H groups in total. The molecule has 0 fully saturated rings. The molecule has 4 nitrogen and oxygen atoms in total. The van der Waals surface area contributed by atoms with Crippen LogP contribution in [0.2, 0.25) is 0 Å². The van der Waals surface area contributed by atoms with Gasteiger partial charge in [-0.15, -0.1) is 18.2 Å². The highest BCUT2D eigenvalue weighted by Crippen LogP contribution is 2.24. The highest BCUT2D eigenvalue weighted by Gasteiger charge is 2.14. The normalized spacial score (nSPS) is 11.3. The van der Waals surface area contributed by atoms with E-state index in [9.17, 15) is 9.59 Å². The quantitative estimate of drug-likeness (QED) is 0.625. The predicted molar refractivity (Wildman–Crippen MR) is 70.6 cm³/mol. The topological polar surface area (TPSA) is 66.4 Å². The molecular formula is C13H13NO3S. The van der Waals surface area contributed by atoms with Gasteiger partial charge in [0.15, 0.2) is 0 Å². The van der Waals surface area contributed by atoms with Gasteiger partial charge in [0.25, 0.3) is 0 Å². The fraction of sp³-hybridized carbons (Fsp3) is 0.231. The first-order valence-electron chi connectivity index (χ1n) is 5.25. The smallest absolute Gasteiger partial charge is 0.335 e. The summed E-state index contributed by atoms with van der Waals surface area (Å²) < 4.78 is 0. The molecule has 1 amide bonds. The van der Waals surface area contributed by atoms with Crippen LogP contribution >= 0.6 is 11.8 Å². The third kappa shape index (κ3) is 4.15. The lowest BCUT2D eigenvalue weighted by Crippen LogP contribution is -2.31. The Morgan fingerprint density at radius 2 is 2.28 bits per heavy atom. The minimum atomic E-state index is -0.984. The number of nitrogens with one attached hydrogen (secondary N) is 1. The van der Waals surface area contributed by atoms with Gasteiger partial charge in [0.2, 0.25) is 5.91 Å². The van der Waals surface area contributed by atoms with Crippen molar-refractivity contribution in [2.75, 3.05) is 6.54 Å². The van der Waals surface area contributed by atoms with Crippen molar-refractivity contribution < 1.29 is 14.7 Å². The van der Waals surface area contributed by atoms with Crippen molar-refractivity contribution in [3.63, 3.8) is 0 Å². The minimum Gasteiger partial charge on any atom is -0.478 e. The molecule has 0 saturated carbocycles. The van der Waals surface area contributed by atoms with E-state index in [-0.39, 0.29) is 23.3 Å². The van der Waals surface area contributed by atoms with Crippen molar-refractivity contribution >= 4 is 23.6 Å². The first-order chi connectivity index (χ1) is 8.54. The monoisotopic (exact) mass is 263 g/mol. The van der Waals surface area contributed by atoms with Gasteiger partial charge >= 0.3 is 5.97 Å². The van der Waals surface area contributed by atoms with Crippen molar-refractivity contribution in [1.29, 1.82) is 0 Å². The SMILES string of the molecule is C#CCNC(=O)C(C)Sc1cccc(C(=O)O)c1. The summed E-state index contributed by atoms with van der Waals surface area (Å²) in [6.45, 7) is 1.93. The predicted octanol–water partition coefficient (Wildman–Crippen LogP) is 1.61. The molecule has 0 bridgehead atoms. The van der Waals surface area contributed by atoms with Gasteiger partial charge in [0.05, 0.1) is 17.4 Å². The summed E-state index contributed by atoms with van der Waals surface area (Å²) in [5.74, 6) is 1.17. The summed E-state index contributed by atoms with van der Waals surface area (Å²) >= 11 is 1.29. The Morgan fingerprint density at radius 3 is 2.89 bits per heavy atom. The third-order valence-corrected chi connectivity index (χ3v) is 3.22. The highest BCUT2D eigenvalue weighted by molar-refractivity contribution is 8.00. The number of carboxylic acids is 1. The van der Waals surface area contributed by atoms with Crippen LogP contribution in [0.5, 0.6) is 0 Å². The maximum atomic E-state index is 11.6. The van der Waals surface area contributed by atoms with Crippen molar-refractivity contribution in [1.82, 2.24) is 5.32 Å². The number of hydrogen-bond acceptors (Lipinski definition) is 3. The molecule has 0 heterocycles. The first-order valence-corrected chi connectivity index (χ1v) is 6.13. The van der Waals surface area contributed by atoms with Gasteiger partial charge < -0.3 is 10.4 Å². The molecule has 0 aliphatic heterocycles. The number of carbonyl (C=O) groups is 2. The zero-order valence-electron chi connectivity index (χ0n) is 9.84. The minimum absolute atomic E-state index is 0.168. The molecule has 1 aromatic carbocycles. The molecular weight excluding hydrogens is 250 g/mol. The van der Waals surface area contributed by atoms with Gasteiger partial charge in [0.1, 0.15) is 0 Å². The second-order valence-electron chi connectivity index (χ2n) is 3.51. The Bertz CT molecular complexity index is 493. The lowest BCUT2D eigenvalue weighted by molar-refractivity contribution is -0.120. The Hall–Kier alpha value is -1.93. The first kappa shape index (κ1) is 14.1. The van der Waals surface area contributed by atoms with E-state index >= 15 is 0 Å². The number of hydrogen-bond donors (Lipinski definition) is 2. The molecule has 0 spiro atoms. The average Bonchev–Trinajstić information content (AvgIpc) is 2.36. The van der Waals surface area contributed by atoms with Crippen LogP contribution in [0.3, 0.4) is 0 Å². The van der Waals surface area contributed by atoms with E-state index in [0.29, 0.717) is 0 Å². The van der Waals surface area contributed by atoms with E-state index in [1.807, 2.05) is 0 Å². The summed E-state index contributed by atoms with van der Waals surface area (Å²) in [6.07, 6.45) is 5.05. The summed E-state index contributed by atoms with van der Waals surface area (Å²) in [6, 6.07) is 6.47. The molecule has 18 heavy (non-hydrogen) atoms. The molecule has 94 valence electrons. The molecule has 0 aromatic heterocycles. The lowest BCUT2D eigenvalue weighted by Gasteiger charge is -2.10. The van der Waals surface area contributed by atoms with Crippen LogP contribution in [0.15, 0.2) is 29.2 Å². The maximum absolute atomic E-state index is 11.6. The van der Waals surface area contributed by atoms with Gasteiger partial charge in [-0.1, -0.05) is 12.0 Å². The van der Waals surface area contributed by atoms with Crippen molar-refractivity contribution in [2.45, 2.75) is 17.1 Å². The van der Waals surface area contributed by atoms with Gasteiger partial charge in [0, 0.05) is 4.90 Å². The summed E-state index contributed by atoms with van der Waals surface area (Å²) in [7, 11) is 0. The van der Waals surface area contributed by atoms with E-state index in [1.165, 1.54) is 23.9 Å². The molecule has 1 aromatic rings. The highest BCUT2D eigenvalue weighted by atomic mass is 32.2. The van der Waals surface area contributed by atoms with Gasteiger partial charge in [-0.3, -0.25) is 4.79 Å². The largest absolute Gasteiger partial charge is 0.478 e. The van der Waals surface area contributed by atoms with Crippen LogP contribution in [0.4, 0.5) is 0 Å². The molecule has 1 rings (SSSR count). The number of terminal acetylenes is 1. The fourth-order valence-corrected chi connectivity index (χ4v) is 2.19. The second-order valence-corrected chi connectivity index (χ2v) is 4.93. The maximum Gasteiger partial charge on any atom is 0.335 e. The molecule has 0 aliphatic rings. The molecule has 1 atom stereocenters. The zero-order valence-corrected chi connectivity index (χ0v) is 10.7. The third-order valence-electron chi connectivity index (χ3n) is 2.13. The van der Waals surface area contributed by atoms with E-state index in [0.717, 1.165) is 4.90 Å². The summed E-state index contributed by atoms with van der Waals surface area (Å²) in [5.41, 5.74) is 0.205. The number of benzene rings is 1. The van der Waals surface area contributed by atoms with E-state index < -0.39 is 5.97 Å². The number of carbonyl (C=O) groups excluding carboxylic acids is 1. The van der Waals surface area contributed by atoms with Crippen LogP contribution in [-0.4, -0.2) is 28.8 Å². The summed E-state index contributed by atoms with van der Waals surface area (Å²) in [4.78, 5) is 23.1. The average molecular weight is 263 g/mol. The Balaban J connectivity index is 2.67. The zero-order chi connectivity index (χ0) is 13.5. The molecule has 0 radical (unpaired) electrons. The van der Waals surface area contributed by atoms with Crippen molar-refractivity contribution in [3.8, 4) is 12.3 Å². The van der Waals surface area contributed by atoms with Gasteiger partial charge in [-0.2, -0.15) is 0 Å². The number of aromatic carboxylic acids is 1. The number of carboxylic acid groups (broad SMARTS) is 1. The Kier molecular flexibility index (Phi) is 5.28. The molecule has 0 saturated heterocycles. The van der Waals surface area contributed by atoms with Gasteiger partial charge in [-0.25, -0.2) is 4.79 Å². The van der Waals surface area contributed by atoms with Crippen LogP contribution < -0.4 is 5.32 Å². The van der Waals surface area contributed by atoms with Crippen LogP contribution in [0, 0.1) is 12.3 Å². The van der Waals surface area contributed by atoms with E-state index in [2.05, 4.69) is 11.2 Å². The van der Waals surface area contributed by atoms with Crippen LogP contribution in [-0.2, 0) is 4.79 Å². The van der Waals surface area contributed by atoms with E-state index in [1.54, 1.807) is 19.1 Å². The lowest BCUT2D eigenvalue weighted by atomic mass is 10.2.